The molecule has 0 saturated carbocycles. The molecule has 0 spiro atoms. The Morgan fingerprint density at radius 1 is 1.25 bits per heavy atom. The van der Waals surface area contributed by atoms with E-state index in [9.17, 15) is 0 Å². The Morgan fingerprint density at radius 2 is 2.00 bits per heavy atom. The Balaban J connectivity index is 2.29. The largest absolute Gasteiger partial charge is 0.355 e. The first-order valence-corrected chi connectivity index (χ1v) is 4.57. The van der Waals surface area contributed by atoms with Crippen LogP contribution in [0.15, 0.2) is 30.3 Å². The van der Waals surface area contributed by atoms with E-state index in [0.29, 0.717) is 0 Å². The zero-order valence-electron chi connectivity index (χ0n) is 6.79. The molecule has 1 saturated heterocycles. The van der Waals surface area contributed by atoms with Gasteiger partial charge in [0.2, 0.25) is 0 Å². The summed E-state index contributed by atoms with van der Waals surface area (Å²) in [5.41, 5.74) is 1.07. The van der Waals surface area contributed by atoms with Gasteiger partial charge in [0.15, 0.2) is 5.06 Å². The molecule has 2 rings (SSSR count). The molecule has 1 atom stereocenters. The third-order valence-electron chi connectivity index (χ3n) is 2.18. The number of benzene rings is 1. The molecule has 0 amide bonds. The van der Waals surface area contributed by atoms with E-state index in [0.717, 1.165) is 25.0 Å². The zero-order valence-corrected chi connectivity index (χ0v) is 7.55. The van der Waals surface area contributed by atoms with Gasteiger partial charge in [-0.25, -0.2) is 0 Å². The molecule has 1 fully saturated rings. The molecule has 0 N–H and O–H groups in total. The average Bonchev–Trinajstić information content (AvgIpc) is 2.55. The molecule has 0 radical (unpaired) electrons. The number of hydrogen-bond acceptors (Lipinski definition) is 1. The lowest BCUT2D eigenvalue weighted by Gasteiger charge is -2.20. The minimum Gasteiger partial charge on any atom is -0.355 e. The second kappa shape index (κ2) is 3.08. The van der Waals surface area contributed by atoms with E-state index in [1.165, 1.54) is 0 Å². The molecule has 1 aliphatic heterocycles. The van der Waals surface area contributed by atoms with Crippen LogP contribution in [0.3, 0.4) is 0 Å². The fourth-order valence-electron chi connectivity index (χ4n) is 1.52. The van der Waals surface area contributed by atoms with Crippen molar-refractivity contribution < 1.29 is 4.74 Å². The quantitative estimate of drug-likeness (QED) is 0.607. The summed E-state index contributed by atoms with van der Waals surface area (Å²) >= 11 is 6.27. The van der Waals surface area contributed by atoms with Gasteiger partial charge in [-0.2, -0.15) is 0 Å². The Kier molecular flexibility index (Phi) is 2.07. The van der Waals surface area contributed by atoms with Crippen molar-refractivity contribution in [2.45, 2.75) is 17.9 Å². The second-order valence-corrected chi connectivity index (χ2v) is 3.66. The summed E-state index contributed by atoms with van der Waals surface area (Å²) in [4.78, 5) is 0. The average molecular weight is 183 g/mol. The zero-order chi connectivity index (χ0) is 8.44. The lowest BCUT2D eigenvalue weighted by molar-refractivity contribution is 0.0735. The highest BCUT2D eigenvalue weighted by Crippen LogP contribution is 2.39. The van der Waals surface area contributed by atoms with Crippen LogP contribution in [0, 0.1) is 0 Å². The minimum atomic E-state index is -0.540. The van der Waals surface area contributed by atoms with E-state index in [1.54, 1.807) is 0 Å². The van der Waals surface area contributed by atoms with Crippen LogP contribution in [0.25, 0.3) is 0 Å². The molecule has 0 aromatic heterocycles. The van der Waals surface area contributed by atoms with Gasteiger partial charge in [-0.05, 0) is 18.4 Å². The van der Waals surface area contributed by atoms with Gasteiger partial charge >= 0.3 is 0 Å². The van der Waals surface area contributed by atoms with Gasteiger partial charge in [0.1, 0.15) is 0 Å². The lowest BCUT2D eigenvalue weighted by Crippen LogP contribution is -2.15. The molecule has 1 aromatic carbocycles. The molecule has 0 aliphatic carbocycles. The van der Waals surface area contributed by atoms with Gasteiger partial charge in [-0.15, -0.1) is 0 Å². The molecule has 64 valence electrons. The van der Waals surface area contributed by atoms with Crippen molar-refractivity contribution in [3.05, 3.63) is 35.9 Å². The smallest absolute Gasteiger partial charge is 0.167 e. The van der Waals surface area contributed by atoms with Crippen LogP contribution in [-0.2, 0) is 9.80 Å². The van der Waals surface area contributed by atoms with Crippen molar-refractivity contribution in [3.63, 3.8) is 0 Å². The number of halogens is 1. The van der Waals surface area contributed by atoms with Crippen LogP contribution < -0.4 is 0 Å². The Bertz CT molecular complexity index is 252. The minimum absolute atomic E-state index is 0.540. The highest BCUT2D eigenvalue weighted by Gasteiger charge is 2.34. The van der Waals surface area contributed by atoms with E-state index < -0.39 is 5.06 Å². The maximum absolute atomic E-state index is 6.27. The monoisotopic (exact) mass is 182 g/mol. The van der Waals surface area contributed by atoms with Crippen LogP contribution in [0.2, 0.25) is 0 Å². The maximum Gasteiger partial charge on any atom is 0.167 e. The molecule has 1 heterocycles. The summed E-state index contributed by atoms with van der Waals surface area (Å²) in [7, 11) is 0. The maximum atomic E-state index is 6.27. The summed E-state index contributed by atoms with van der Waals surface area (Å²) < 4.78 is 5.49. The summed E-state index contributed by atoms with van der Waals surface area (Å²) in [6, 6.07) is 9.98. The number of ether oxygens (including phenoxy) is 1. The topological polar surface area (TPSA) is 9.23 Å². The molecule has 12 heavy (non-hydrogen) atoms. The highest BCUT2D eigenvalue weighted by atomic mass is 35.5. The van der Waals surface area contributed by atoms with Crippen molar-refractivity contribution in [2.75, 3.05) is 6.61 Å². The van der Waals surface area contributed by atoms with Gasteiger partial charge in [0.05, 0.1) is 0 Å². The van der Waals surface area contributed by atoms with E-state index >= 15 is 0 Å². The number of hydrogen-bond donors (Lipinski definition) is 0. The first-order valence-electron chi connectivity index (χ1n) is 4.20. The molecule has 1 nitrogen and oxygen atoms in total. The van der Waals surface area contributed by atoms with Crippen LogP contribution in [-0.4, -0.2) is 6.61 Å². The third-order valence-corrected chi connectivity index (χ3v) is 2.69. The first kappa shape index (κ1) is 8.09. The van der Waals surface area contributed by atoms with E-state index in [4.69, 9.17) is 16.3 Å². The van der Waals surface area contributed by atoms with Gasteiger partial charge < -0.3 is 4.74 Å². The van der Waals surface area contributed by atoms with Gasteiger partial charge in [-0.1, -0.05) is 41.9 Å². The number of alkyl halides is 1. The standard InChI is InChI=1S/C10H11ClO/c11-10(7-4-8-12-10)9-5-2-1-3-6-9/h1-3,5-6H,4,7-8H2. The van der Waals surface area contributed by atoms with Gasteiger partial charge in [-0.3, -0.25) is 0 Å². The van der Waals surface area contributed by atoms with Crippen molar-refractivity contribution >= 4 is 11.6 Å². The molecule has 1 unspecified atom stereocenters. The van der Waals surface area contributed by atoms with Crippen LogP contribution in [0.5, 0.6) is 0 Å². The summed E-state index contributed by atoms with van der Waals surface area (Å²) in [6.07, 6.45) is 1.97. The van der Waals surface area contributed by atoms with E-state index in [1.807, 2.05) is 30.3 Å². The van der Waals surface area contributed by atoms with Gasteiger partial charge in [0, 0.05) is 6.61 Å². The number of rotatable bonds is 1. The third kappa shape index (κ3) is 1.35. The fraction of sp³-hybridized carbons (Fsp3) is 0.400. The Labute approximate surface area is 77.3 Å². The molecular formula is C10H11ClO. The van der Waals surface area contributed by atoms with Gasteiger partial charge in [0.25, 0.3) is 0 Å². The Morgan fingerprint density at radius 3 is 2.58 bits per heavy atom. The highest BCUT2D eigenvalue weighted by molar-refractivity contribution is 6.23. The van der Waals surface area contributed by atoms with E-state index in [-0.39, 0.29) is 0 Å². The van der Waals surface area contributed by atoms with Crippen molar-refractivity contribution in [1.29, 1.82) is 0 Å². The normalized spacial score (nSPS) is 29.1. The molecule has 0 bridgehead atoms. The molecule has 1 aromatic rings. The van der Waals surface area contributed by atoms with E-state index in [2.05, 4.69) is 0 Å². The first-order chi connectivity index (χ1) is 5.81. The predicted molar refractivity (Wildman–Crippen MR) is 49.2 cm³/mol. The lowest BCUT2D eigenvalue weighted by atomic mass is 10.1. The van der Waals surface area contributed by atoms with Crippen molar-refractivity contribution in [2.24, 2.45) is 0 Å². The molecule has 2 heteroatoms. The fourth-order valence-corrected chi connectivity index (χ4v) is 1.86. The summed E-state index contributed by atoms with van der Waals surface area (Å²) in [5, 5.41) is -0.540. The SMILES string of the molecule is ClC1(c2ccccc2)CCCO1. The van der Waals surface area contributed by atoms with Crippen LogP contribution >= 0.6 is 11.6 Å². The van der Waals surface area contributed by atoms with Crippen molar-refractivity contribution in [1.82, 2.24) is 0 Å². The predicted octanol–water partition coefficient (Wildman–Crippen LogP) is 2.89. The van der Waals surface area contributed by atoms with Crippen LogP contribution in [0.1, 0.15) is 18.4 Å². The second-order valence-electron chi connectivity index (χ2n) is 3.05. The summed E-state index contributed by atoms with van der Waals surface area (Å²) in [6.45, 7) is 0.776. The van der Waals surface area contributed by atoms with Crippen molar-refractivity contribution in [3.8, 4) is 0 Å². The Hall–Kier alpha value is -0.530. The van der Waals surface area contributed by atoms with Crippen LogP contribution in [0.4, 0.5) is 0 Å². The summed E-state index contributed by atoms with van der Waals surface area (Å²) in [5.74, 6) is 0. The molecule has 1 aliphatic rings. The molecular weight excluding hydrogens is 172 g/mol.